The monoisotopic (exact) mass is 305 g/mol. The fourth-order valence-corrected chi connectivity index (χ4v) is 2.59. The van der Waals surface area contributed by atoms with Gasteiger partial charge in [-0.25, -0.2) is 0 Å². The lowest BCUT2D eigenvalue weighted by Gasteiger charge is -2.12. The highest BCUT2D eigenvalue weighted by atomic mass is 32.1. The minimum atomic E-state index is -0.841. The number of amides is 1. The van der Waals surface area contributed by atoms with Crippen LogP contribution in [0.2, 0.25) is 0 Å². The van der Waals surface area contributed by atoms with E-state index >= 15 is 0 Å². The maximum Gasteiger partial charge on any atom is 0.293 e. The average Bonchev–Trinajstić information content (AvgIpc) is 2.95. The van der Waals surface area contributed by atoms with Gasteiger partial charge in [0.25, 0.3) is 5.69 Å². The smallest absolute Gasteiger partial charge is 0.293 e. The van der Waals surface area contributed by atoms with E-state index in [1.165, 1.54) is 17.4 Å². The van der Waals surface area contributed by atoms with Crippen molar-refractivity contribution in [2.24, 2.45) is 5.73 Å². The molecular weight excluding hydrogens is 290 g/mol. The SMILES string of the molecule is Cc1cc(NC(=O)C(N)c2cccs2)c([N+](=O)[O-])cc1C. The number of hydrogen-bond acceptors (Lipinski definition) is 5. The number of nitrogens with two attached hydrogens (primary N) is 1. The third-order valence-electron chi connectivity index (χ3n) is 3.20. The van der Waals surface area contributed by atoms with Crippen LogP contribution in [0.3, 0.4) is 0 Å². The molecule has 2 aromatic rings. The number of nitrogens with one attached hydrogen (secondary N) is 1. The van der Waals surface area contributed by atoms with Gasteiger partial charge in [-0.1, -0.05) is 6.07 Å². The first-order valence-corrected chi connectivity index (χ1v) is 7.13. The van der Waals surface area contributed by atoms with Crippen LogP contribution < -0.4 is 11.1 Å². The summed E-state index contributed by atoms with van der Waals surface area (Å²) in [4.78, 5) is 23.4. The summed E-state index contributed by atoms with van der Waals surface area (Å²) in [6, 6.07) is 5.75. The van der Waals surface area contributed by atoms with E-state index in [0.29, 0.717) is 4.88 Å². The Hall–Kier alpha value is -2.25. The third-order valence-corrected chi connectivity index (χ3v) is 4.15. The Morgan fingerprint density at radius 3 is 2.62 bits per heavy atom. The van der Waals surface area contributed by atoms with Crippen molar-refractivity contribution >= 4 is 28.6 Å². The van der Waals surface area contributed by atoms with E-state index in [1.54, 1.807) is 25.1 Å². The van der Waals surface area contributed by atoms with E-state index in [9.17, 15) is 14.9 Å². The van der Waals surface area contributed by atoms with Crippen LogP contribution in [0.25, 0.3) is 0 Å². The minimum Gasteiger partial charge on any atom is -0.319 e. The van der Waals surface area contributed by atoms with Gasteiger partial charge in [-0.15, -0.1) is 11.3 Å². The summed E-state index contributed by atoms with van der Waals surface area (Å²) in [5.74, 6) is -0.469. The summed E-state index contributed by atoms with van der Waals surface area (Å²) in [6.45, 7) is 3.61. The van der Waals surface area contributed by atoms with Crippen LogP contribution in [0.5, 0.6) is 0 Å². The standard InChI is InChI=1S/C14H15N3O3S/c1-8-6-10(11(17(19)20)7-9(8)2)16-14(18)13(15)12-4-3-5-21-12/h3-7,13H,15H2,1-2H3,(H,16,18). The summed E-state index contributed by atoms with van der Waals surface area (Å²) >= 11 is 1.37. The van der Waals surface area contributed by atoms with Gasteiger partial charge >= 0.3 is 0 Å². The molecule has 0 aliphatic heterocycles. The Balaban J connectivity index is 2.28. The van der Waals surface area contributed by atoms with Gasteiger partial charge < -0.3 is 11.1 Å². The normalized spacial score (nSPS) is 12.0. The van der Waals surface area contributed by atoms with Crippen LogP contribution in [-0.4, -0.2) is 10.8 Å². The van der Waals surface area contributed by atoms with Crippen LogP contribution >= 0.6 is 11.3 Å². The van der Waals surface area contributed by atoms with E-state index in [0.717, 1.165) is 11.1 Å². The minimum absolute atomic E-state index is 0.134. The zero-order valence-electron chi connectivity index (χ0n) is 11.6. The van der Waals surface area contributed by atoms with Crippen molar-refractivity contribution in [1.29, 1.82) is 0 Å². The highest BCUT2D eigenvalue weighted by Crippen LogP contribution is 2.29. The molecule has 0 spiro atoms. The zero-order valence-corrected chi connectivity index (χ0v) is 12.4. The number of benzene rings is 1. The van der Waals surface area contributed by atoms with Gasteiger partial charge in [0.2, 0.25) is 5.91 Å². The van der Waals surface area contributed by atoms with Gasteiger partial charge in [-0.05, 0) is 42.5 Å². The van der Waals surface area contributed by atoms with Crippen LogP contribution in [-0.2, 0) is 4.79 Å². The molecule has 0 saturated heterocycles. The largest absolute Gasteiger partial charge is 0.319 e. The van der Waals surface area contributed by atoms with Crippen LogP contribution in [0.15, 0.2) is 29.6 Å². The lowest BCUT2D eigenvalue weighted by molar-refractivity contribution is -0.384. The van der Waals surface area contributed by atoms with Gasteiger partial charge in [0.05, 0.1) is 4.92 Å². The Morgan fingerprint density at radius 2 is 2.05 bits per heavy atom. The Labute approximate surface area is 125 Å². The molecule has 2 rings (SSSR count). The van der Waals surface area contributed by atoms with Crippen molar-refractivity contribution < 1.29 is 9.72 Å². The van der Waals surface area contributed by atoms with Gasteiger partial charge in [0, 0.05) is 10.9 Å². The number of carbonyl (C=O) groups is 1. The number of carbonyl (C=O) groups excluding carboxylic acids is 1. The fraction of sp³-hybridized carbons (Fsp3) is 0.214. The molecule has 21 heavy (non-hydrogen) atoms. The number of thiophene rings is 1. The van der Waals surface area contributed by atoms with Gasteiger partial charge in [0.15, 0.2) is 0 Å². The molecule has 6 nitrogen and oxygen atoms in total. The first-order chi connectivity index (χ1) is 9.90. The maximum absolute atomic E-state index is 12.1. The number of nitrogens with zero attached hydrogens (tertiary/aromatic N) is 1. The van der Waals surface area contributed by atoms with Gasteiger partial charge in [-0.2, -0.15) is 0 Å². The average molecular weight is 305 g/mol. The van der Waals surface area contributed by atoms with Crippen molar-refractivity contribution in [3.63, 3.8) is 0 Å². The van der Waals surface area contributed by atoms with Crippen molar-refractivity contribution in [2.45, 2.75) is 19.9 Å². The fourth-order valence-electron chi connectivity index (χ4n) is 1.86. The molecule has 0 radical (unpaired) electrons. The molecule has 1 unspecified atom stereocenters. The molecule has 0 aliphatic carbocycles. The summed E-state index contributed by atoms with van der Waals surface area (Å²) in [7, 11) is 0. The molecule has 0 saturated carbocycles. The summed E-state index contributed by atoms with van der Waals surface area (Å²) in [5.41, 5.74) is 7.54. The van der Waals surface area contributed by atoms with Crippen LogP contribution in [0.1, 0.15) is 22.0 Å². The van der Waals surface area contributed by atoms with Crippen molar-refractivity contribution in [2.75, 3.05) is 5.32 Å². The van der Waals surface area contributed by atoms with Crippen molar-refractivity contribution in [3.05, 3.63) is 55.8 Å². The molecule has 0 bridgehead atoms. The predicted molar refractivity (Wildman–Crippen MR) is 82.4 cm³/mol. The first kappa shape index (κ1) is 15.1. The molecule has 1 atom stereocenters. The molecule has 1 heterocycles. The Kier molecular flexibility index (Phi) is 4.35. The van der Waals surface area contributed by atoms with E-state index in [-0.39, 0.29) is 11.4 Å². The quantitative estimate of drug-likeness (QED) is 0.670. The van der Waals surface area contributed by atoms with E-state index in [2.05, 4.69) is 5.32 Å². The topological polar surface area (TPSA) is 98.3 Å². The number of nitro groups is 1. The zero-order chi connectivity index (χ0) is 15.6. The molecule has 110 valence electrons. The lowest BCUT2D eigenvalue weighted by atomic mass is 10.1. The van der Waals surface area contributed by atoms with Crippen molar-refractivity contribution in [1.82, 2.24) is 0 Å². The number of anilines is 1. The number of rotatable bonds is 4. The van der Waals surface area contributed by atoms with Crippen molar-refractivity contribution in [3.8, 4) is 0 Å². The van der Waals surface area contributed by atoms with E-state index < -0.39 is 16.9 Å². The molecule has 3 N–H and O–H groups in total. The van der Waals surface area contributed by atoms with Gasteiger partial charge in [-0.3, -0.25) is 14.9 Å². The summed E-state index contributed by atoms with van der Waals surface area (Å²) in [6.07, 6.45) is 0. The van der Waals surface area contributed by atoms with Crippen LogP contribution in [0, 0.1) is 24.0 Å². The molecule has 1 amide bonds. The molecule has 1 aromatic heterocycles. The number of hydrogen-bond donors (Lipinski definition) is 2. The maximum atomic E-state index is 12.1. The molecule has 0 aliphatic rings. The third kappa shape index (κ3) is 3.26. The van der Waals surface area contributed by atoms with E-state index in [1.807, 2.05) is 12.3 Å². The molecule has 1 aromatic carbocycles. The second-order valence-corrected chi connectivity index (χ2v) is 5.67. The molecule has 7 heteroatoms. The highest BCUT2D eigenvalue weighted by molar-refractivity contribution is 7.10. The van der Waals surface area contributed by atoms with Gasteiger partial charge in [0.1, 0.15) is 11.7 Å². The highest BCUT2D eigenvalue weighted by Gasteiger charge is 2.22. The molecule has 0 fully saturated rings. The predicted octanol–water partition coefficient (Wildman–Crippen LogP) is 2.91. The summed E-state index contributed by atoms with van der Waals surface area (Å²) in [5, 5.41) is 15.5. The Morgan fingerprint density at radius 1 is 1.38 bits per heavy atom. The lowest BCUT2D eigenvalue weighted by Crippen LogP contribution is -2.27. The number of aryl methyl sites for hydroxylation is 2. The van der Waals surface area contributed by atoms with E-state index in [4.69, 9.17) is 5.73 Å². The molecular formula is C14H15N3O3S. The van der Waals surface area contributed by atoms with Crippen LogP contribution in [0.4, 0.5) is 11.4 Å². The summed E-state index contributed by atoms with van der Waals surface area (Å²) < 4.78 is 0. The second kappa shape index (κ2) is 6.02. The first-order valence-electron chi connectivity index (χ1n) is 6.25. The number of nitro benzene ring substituents is 1. The second-order valence-electron chi connectivity index (χ2n) is 4.69. The Bertz CT molecular complexity index is 683.